The van der Waals surface area contributed by atoms with Crippen molar-refractivity contribution in [3.8, 4) is 0 Å². The minimum atomic E-state index is -0.794. The summed E-state index contributed by atoms with van der Waals surface area (Å²) in [6, 6.07) is 0. The van der Waals surface area contributed by atoms with Gasteiger partial charge in [0.2, 0.25) is 0 Å². The Morgan fingerprint density at radius 1 is 1.64 bits per heavy atom. The van der Waals surface area contributed by atoms with Crippen LogP contribution >= 0.6 is 0 Å². The summed E-state index contributed by atoms with van der Waals surface area (Å²) in [5, 5.41) is 14.5. The fourth-order valence-corrected chi connectivity index (χ4v) is 1.24. The van der Waals surface area contributed by atoms with E-state index in [9.17, 15) is 4.79 Å². The van der Waals surface area contributed by atoms with Crippen LogP contribution in [0.1, 0.15) is 19.3 Å². The van der Waals surface area contributed by atoms with Crippen LogP contribution in [-0.2, 0) is 4.79 Å². The fourth-order valence-electron chi connectivity index (χ4n) is 1.24. The third-order valence-electron chi connectivity index (χ3n) is 1.81. The number of carbonyl (C=O) groups is 1. The van der Waals surface area contributed by atoms with Crippen molar-refractivity contribution in [1.29, 1.82) is 0 Å². The zero-order valence-corrected chi connectivity index (χ0v) is 6.47. The second-order valence-corrected chi connectivity index (χ2v) is 2.78. The van der Waals surface area contributed by atoms with Crippen molar-refractivity contribution in [1.82, 2.24) is 10.6 Å². The molecule has 0 radical (unpaired) electrons. The second-order valence-electron chi connectivity index (χ2n) is 2.78. The molecule has 4 heteroatoms. The highest BCUT2D eigenvalue weighted by Crippen LogP contribution is 2.03. The maximum Gasteiger partial charge on any atom is 0.317 e. The van der Waals surface area contributed by atoms with E-state index in [-0.39, 0.29) is 12.7 Å². The molecule has 1 heterocycles. The molecule has 1 saturated heterocycles. The molecule has 3 N–H and O–H groups in total. The van der Waals surface area contributed by atoms with E-state index in [1.54, 1.807) is 0 Å². The van der Waals surface area contributed by atoms with Gasteiger partial charge in [-0.25, -0.2) is 0 Å². The van der Waals surface area contributed by atoms with Gasteiger partial charge < -0.3 is 10.4 Å². The van der Waals surface area contributed by atoms with Crippen molar-refractivity contribution in [3.63, 3.8) is 0 Å². The standard InChI is InChI=1S/C7H14N2O2/c10-7(11)5-9-6-3-1-2-4-8-6/h6,8-9H,1-5H2,(H,10,11)/t6-/m1/s1. The minimum absolute atomic E-state index is 0.0532. The number of nitrogens with one attached hydrogen (secondary N) is 2. The van der Waals surface area contributed by atoms with E-state index in [4.69, 9.17) is 5.11 Å². The molecule has 1 rings (SSSR count). The summed E-state index contributed by atoms with van der Waals surface area (Å²) in [5.74, 6) is -0.794. The van der Waals surface area contributed by atoms with Gasteiger partial charge in [-0.05, 0) is 25.8 Å². The van der Waals surface area contributed by atoms with Crippen LogP contribution in [0.2, 0.25) is 0 Å². The Bertz CT molecular complexity index is 132. The number of piperidine rings is 1. The molecule has 0 spiro atoms. The average molecular weight is 158 g/mol. The third kappa shape index (κ3) is 3.34. The van der Waals surface area contributed by atoms with Crippen molar-refractivity contribution < 1.29 is 9.90 Å². The topological polar surface area (TPSA) is 61.4 Å². The van der Waals surface area contributed by atoms with Crippen molar-refractivity contribution in [2.24, 2.45) is 0 Å². The van der Waals surface area contributed by atoms with Gasteiger partial charge in [-0.2, -0.15) is 0 Å². The zero-order chi connectivity index (χ0) is 8.10. The molecule has 4 nitrogen and oxygen atoms in total. The molecule has 0 aromatic heterocycles. The Hall–Kier alpha value is -0.610. The monoisotopic (exact) mass is 158 g/mol. The SMILES string of the molecule is O=C(O)CN[C@@H]1CCCCN1. The molecule has 1 aliphatic rings. The highest BCUT2D eigenvalue weighted by Gasteiger charge is 2.11. The Kier molecular flexibility index (Phi) is 3.32. The number of hydrogen-bond acceptors (Lipinski definition) is 3. The summed E-state index contributed by atoms with van der Waals surface area (Å²) in [7, 11) is 0. The van der Waals surface area contributed by atoms with Gasteiger partial charge >= 0.3 is 5.97 Å². The minimum Gasteiger partial charge on any atom is -0.480 e. The zero-order valence-electron chi connectivity index (χ0n) is 6.47. The van der Waals surface area contributed by atoms with Gasteiger partial charge in [0, 0.05) is 0 Å². The molecule has 11 heavy (non-hydrogen) atoms. The first-order chi connectivity index (χ1) is 5.29. The lowest BCUT2D eigenvalue weighted by molar-refractivity contribution is -0.136. The number of rotatable bonds is 3. The van der Waals surface area contributed by atoms with E-state index in [2.05, 4.69) is 10.6 Å². The lowest BCUT2D eigenvalue weighted by atomic mass is 10.1. The molecular formula is C7H14N2O2. The predicted molar refractivity (Wildman–Crippen MR) is 41.3 cm³/mol. The summed E-state index contributed by atoms with van der Waals surface area (Å²) < 4.78 is 0. The molecule has 0 aromatic carbocycles. The number of aliphatic carboxylic acids is 1. The van der Waals surface area contributed by atoms with Crippen LogP contribution < -0.4 is 10.6 Å². The van der Waals surface area contributed by atoms with Crippen LogP contribution in [0.15, 0.2) is 0 Å². The molecule has 1 aliphatic heterocycles. The Morgan fingerprint density at radius 3 is 3.00 bits per heavy atom. The summed E-state index contributed by atoms with van der Waals surface area (Å²) in [6.07, 6.45) is 3.63. The van der Waals surface area contributed by atoms with E-state index in [0.29, 0.717) is 0 Å². The molecule has 0 amide bonds. The summed E-state index contributed by atoms with van der Waals surface area (Å²) in [4.78, 5) is 10.2. The van der Waals surface area contributed by atoms with Crippen LogP contribution in [-0.4, -0.2) is 30.3 Å². The van der Waals surface area contributed by atoms with Gasteiger partial charge in [0.25, 0.3) is 0 Å². The first-order valence-electron chi connectivity index (χ1n) is 3.97. The molecule has 64 valence electrons. The number of hydrogen-bond donors (Lipinski definition) is 3. The Morgan fingerprint density at radius 2 is 2.45 bits per heavy atom. The second kappa shape index (κ2) is 4.31. The van der Waals surface area contributed by atoms with Crippen LogP contribution in [0.25, 0.3) is 0 Å². The summed E-state index contributed by atoms with van der Waals surface area (Å²) in [5.41, 5.74) is 0. The fraction of sp³-hybridized carbons (Fsp3) is 0.857. The lowest BCUT2D eigenvalue weighted by Crippen LogP contribution is -2.46. The van der Waals surface area contributed by atoms with E-state index in [0.717, 1.165) is 13.0 Å². The van der Waals surface area contributed by atoms with Crippen molar-refractivity contribution in [2.45, 2.75) is 25.4 Å². The van der Waals surface area contributed by atoms with Gasteiger partial charge in [0.1, 0.15) is 0 Å². The largest absolute Gasteiger partial charge is 0.480 e. The first-order valence-corrected chi connectivity index (χ1v) is 3.97. The van der Waals surface area contributed by atoms with Crippen molar-refractivity contribution in [2.75, 3.05) is 13.1 Å². The molecule has 0 bridgehead atoms. The highest BCUT2D eigenvalue weighted by atomic mass is 16.4. The normalized spacial score (nSPS) is 24.9. The van der Waals surface area contributed by atoms with Crippen LogP contribution in [0.5, 0.6) is 0 Å². The predicted octanol–water partition coefficient (Wildman–Crippen LogP) is -0.240. The summed E-state index contributed by atoms with van der Waals surface area (Å²) in [6.45, 7) is 1.05. The Labute approximate surface area is 66.0 Å². The van der Waals surface area contributed by atoms with Crippen LogP contribution in [0.3, 0.4) is 0 Å². The average Bonchev–Trinajstić information content (AvgIpc) is 2.03. The van der Waals surface area contributed by atoms with Gasteiger partial charge in [0.05, 0.1) is 12.7 Å². The molecule has 1 atom stereocenters. The molecule has 0 aromatic rings. The Balaban J connectivity index is 2.09. The smallest absolute Gasteiger partial charge is 0.317 e. The van der Waals surface area contributed by atoms with E-state index in [1.165, 1.54) is 12.8 Å². The molecule has 1 fully saturated rings. The maximum atomic E-state index is 10.2. The molecular weight excluding hydrogens is 144 g/mol. The van der Waals surface area contributed by atoms with Gasteiger partial charge in [-0.3, -0.25) is 10.1 Å². The quantitative estimate of drug-likeness (QED) is 0.530. The van der Waals surface area contributed by atoms with Gasteiger partial charge in [-0.15, -0.1) is 0 Å². The van der Waals surface area contributed by atoms with Crippen LogP contribution in [0.4, 0.5) is 0 Å². The number of carboxylic acid groups (broad SMARTS) is 1. The third-order valence-corrected chi connectivity index (χ3v) is 1.81. The lowest BCUT2D eigenvalue weighted by Gasteiger charge is -2.23. The molecule has 0 unspecified atom stereocenters. The number of carboxylic acids is 1. The van der Waals surface area contributed by atoms with E-state index < -0.39 is 5.97 Å². The van der Waals surface area contributed by atoms with Crippen molar-refractivity contribution >= 4 is 5.97 Å². The highest BCUT2D eigenvalue weighted by molar-refractivity contribution is 5.69. The summed E-state index contributed by atoms with van der Waals surface area (Å²) >= 11 is 0. The van der Waals surface area contributed by atoms with Gasteiger partial charge in [-0.1, -0.05) is 0 Å². The maximum absolute atomic E-state index is 10.2. The van der Waals surface area contributed by atoms with Crippen molar-refractivity contribution in [3.05, 3.63) is 0 Å². The van der Waals surface area contributed by atoms with Crippen LogP contribution in [0, 0.1) is 0 Å². The van der Waals surface area contributed by atoms with E-state index >= 15 is 0 Å². The van der Waals surface area contributed by atoms with E-state index in [1.807, 2.05) is 0 Å². The molecule has 0 aliphatic carbocycles. The first kappa shape index (κ1) is 8.49. The van der Waals surface area contributed by atoms with Gasteiger partial charge in [0.15, 0.2) is 0 Å². The molecule has 0 saturated carbocycles.